The van der Waals surface area contributed by atoms with Gasteiger partial charge >= 0.3 is 0 Å². The number of nitrogens with zero attached hydrogens (tertiary/aromatic N) is 1. The molecule has 3 nitrogen and oxygen atoms in total. The average molecular weight is 203 g/mol. The molecule has 0 amide bonds. The summed E-state index contributed by atoms with van der Waals surface area (Å²) in [5, 5.41) is 17.6. The van der Waals surface area contributed by atoms with E-state index < -0.39 is 6.29 Å². The third-order valence-corrected chi connectivity index (χ3v) is 2.36. The highest BCUT2D eigenvalue weighted by molar-refractivity contribution is 4.58. The molecule has 2 N–H and O–H groups in total. The Morgan fingerprint density at radius 3 is 1.79 bits per heavy atom. The summed E-state index contributed by atoms with van der Waals surface area (Å²) in [5.74, 6) is 0. The second-order valence-corrected chi connectivity index (χ2v) is 3.82. The molecule has 0 saturated heterocycles. The molecule has 14 heavy (non-hydrogen) atoms. The van der Waals surface area contributed by atoms with Gasteiger partial charge in [-0.1, -0.05) is 26.7 Å². The molecule has 0 unspecified atom stereocenters. The molecule has 0 aliphatic carbocycles. The first-order valence-electron chi connectivity index (χ1n) is 5.79. The number of aliphatic hydroxyl groups is 2. The smallest absolute Gasteiger partial charge is 0.152 e. The van der Waals surface area contributed by atoms with E-state index in [1.807, 2.05) is 0 Å². The minimum Gasteiger partial charge on any atom is -0.368 e. The van der Waals surface area contributed by atoms with Gasteiger partial charge in [0.25, 0.3) is 0 Å². The maximum Gasteiger partial charge on any atom is 0.152 e. The Morgan fingerprint density at radius 2 is 1.43 bits per heavy atom. The molecular formula is C11H25NO2. The molecule has 0 atom stereocenters. The molecule has 0 aromatic heterocycles. The summed E-state index contributed by atoms with van der Waals surface area (Å²) in [4.78, 5) is 2.33. The van der Waals surface area contributed by atoms with Crippen molar-refractivity contribution in [1.82, 2.24) is 4.90 Å². The van der Waals surface area contributed by atoms with Crippen molar-refractivity contribution in [2.75, 3.05) is 19.6 Å². The van der Waals surface area contributed by atoms with Crippen molar-refractivity contribution >= 4 is 0 Å². The normalized spacial score (nSPS) is 11.6. The summed E-state index contributed by atoms with van der Waals surface area (Å²) in [7, 11) is 0. The van der Waals surface area contributed by atoms with Crippen LogP contribution in [0.4, 0.5) is 0 Å². The van der Waals surface area contributed by atoms with E-state index >= 15 is 0 Å². The van der Waals surface area contributed by atoms with Crippen LogP contribution in [0.5, 0.6) is 0 Å². The summed E-state index contributed by atoms with van der Waals surface area (Å²) >= 11 is 0. The molecule has 0 aromatic carbocycles. The Morgan fingerprint density at radius 1 is 0.929 bits per heavy atom. The summed E-state index contributed by atoms with van der Waals surface area (Å²) < 4.78 is 0. The van der Waals surface area contributed by atoms with Gasteiger partial charge in [-0.05, 0) is 25.9 Å². The van der Waals surface area contributed by atoms with Crippen LogP contribution in [0, 0.1) is 0 Å². The van der Waals surface area contributed by atoms with Crippen molar-refractivity contribution in [2.24, 2.45) is 0 Å². The summed E-state index contributed by atoms with van der Waals surface area (Å²) in [6.45, 7) is 7.34. The fourth-order valence-corrected chi connectivity index (χ4v) is 1.40. The Balaban J connectivity index is 3.60. The molecule has 0 aromatic rings. The van der Waals surface area contributed by atoms with Gasteiger partial charge in [0, 0.05) is 13.0 Å². The van der Waals surface area contributed by atoms with Crippen LogP contribution in [0.2, 0.25) is 0 Å². The molecule has 0 radical (unpaired) electrons. The number of hydrogen-bond donors (Lipinski definition) is 2. The predicted molar refractivity (Wildman–Crippen MR) is 59.1 cm³/mol. The molecule has 0 rings (SSSR count). The minimum absolute atomic E-state index is 0.466. The molecule has 0 aliphatic rings. The first kappa shape index (κ1) is 13.9. The molecule has 0 aliphatic heterocycles. The lowest BCUT2D eigenvalue weighted by molar-refractivity contribution is -0.0504. The van der Waals surface area contributed by atoms with E-state index in [4.69, 9.17) is 10.2 Å². The fourth-order valence-electron chi connectivity index (χ4n) is 1.40. The Kier molecular flexibility index (Phi) is 9.35. The second kappa shape index (κ2) is 9.44. The lowest BCUT2D eigenvalue weighted by Gasteiger charge is -2.22. The minimum atomic E-state index is -1.15. The lowest BCUT2D eigenvalue weighted by Crippen LogP contribution is -2.29. The first-order chi connectivity index (χ1) is 6.70. The van der Waals surface area contributed by atoms with Gasteiger partial charge in [0.2, 0.25) is 0 Å². The molecule has 3 heteroatoms. The van der Waals surface area contributed by atoms with Crippen molar-refractivity contribution in [3.63, 3.8) is 0 Å². The van der Waals surface area contributed by atoms with E-state index in [2.05, 4.69) is 18.7 Å². The van der Waals surface area contributed by atoms with E-state index in [1.165, 1.54) is 25.7 Å². The topological polar surface area (TPSA) is 43.7 Å². The Hall–Kier alpha value is -0.120. The van der Waals surface area contributed by atoms with Gasteiger partial charge in [-0.25, -0.2) is 0 Å². The van der Waals surface area contributed by atoms with Gasteiger partial charge < -0.3 is 15.1 Å². The summed E-state index contributed by atoms with van der Waals surface area (Å²) in [6.07, 6.45) is 4.11. The van der Waals surface area contributed by atoms with Crippen molar-refractivity contribution in [3.8, 4) is 0 Å². The highest BCUT2D eigenvalue weighted by atomic mass is 16.5. The van der Waals surface area contributed by atoms with Gasteiger partial charge in [-0.15, -0.1) is 0 Å². The summed E-state index contributed by atoms with van der Waals surface area (Å²) in [5.41, 5.74) is 0. The zero-order chi connectivity index (χ0) is 10.8. The fraction of sp³-hybridized carbons (Fsp3) is 1.00. The highest BCUT2D eigenvalue weighted by Crippen LogP contribution is 2.01. The molecule has 0 spiro atoms. The van der Waals surface area contributed by atoms with Crippen LogP contribution < -0.4 is 0 Å². The molecule has 86 valence electrons. The Labute approximate surface area is 87.7 Å². The van der Waals surface area contributed by atoms with Crippen LogP contribution in [0.25, 0.3) is 0 Å². The zero-order valence-corrected chi connectivity index (χ0v) is 9.58. The van der Waals surface area contributed by atoms with Crippen molar-refractivity contribution < 1.29 is 10.2 Å². The van der Waals surface area contributed by atoms with Crippen LogP contribution in [-0.4, -0.2) is 41.0 Å². The van der Waals surface area contributed by atoms with E-state index in [9.17, 15) is 0 Å². The lowest BCUT2D eigenvalue weighted by atomic mass is 10.2. The number of unbranched alkanes of at least 4 members (excludes halogenated alkanes) is 2. The third kappa shape index (κ3) is 8.48. The average Bonchev–Trinajstić information content (AvgIpc) is 2.16. The quantitative estimate of drug-likeness (QED) is 0.559. The van der Waals surface area contributed by atoms with Gasteiger partial charge in [0.05, 0.1) is 0 Å². The van der Waals surface area contributed by atoms with Gasteiger partial charge in [0.15, 0.2) is 6.29 Å². The standard InChI is InChI=1S/C11H25NO2/c1-3-5-8-12(9-6-4-2)10-7-11(13)14/h11,13-14H,3-10H2,1-2H3. The van der Waals surface area contributed by atoms with Gasteiger partial charge in [-0.3, -0.25) is 0 Å². The van der Waals surface area contributed by atoms with Gasteiger partial charge in [0.1, 0.15) is 0 Å². The van der Waals surface area contributed by atoms with Crippen LogP contribution in [0.15, 0.2) is 0 Å². The molecular weight excluding hydrogens is 178 g/mol. The van der Waals surface area contributed by atoms with Crippen LogP contribution >= 0.6 is 0 Å². The maximum absolute atomic E-state index is 8.78. The number of hydrogen-bond acceptors (Lipinski definition) is 3. The van der Waals surface area contributed by atoms with E-state index in [-0.39, 0.29) is 0 Å². The molecule has 0 heterocycles. The van der Waals surface area contributed by atoms with E-state index in [0.29, 0.717) is 6.42 Å². The van der Waals surface area contributed by atoms with Crippen molar-refractivity contribution in [2.45, 2.75) is 52.2 Å². The molecule has 0 bridgehead atoms. The first-order valence-corrected chi connectivity index (χ1v) is 5.79. The number of aliphatic hydroxyl groups excluding tert-OH is 1. The molecule has 0 saturated carbocycles. The molecule has 0 fully saturated rings. The second-order valence-electron chi connectivity index (χ2n) is 3.82. The summed E-state index contributed by atoms with van der Waals surface area (Å²) in [6, 6.07) is 0. The van der Waals surface area contributed by atoms with E-state index in [1.54, 1.807) is 0 Å². The monoisotopic (exact) mass is 203 g/mol. The van der Waals surface area contributed by atoms with Gasteiger partial charge in [-0.2, -0.15) is 0 Å². The Bertz CT molecular complexity index is 110. The predicted octanol–water partition coefficient (Wildman–Crippen LogP) is 1.59. The van der Waals surface area contributed by atoms with E-state index in [0.717, 1.165) is 19.6 Å². The third-order valence-electron chi connectivity index (χ3n) is 2.36. The van der Waals surface area contributed by atoms with Crippen LogP contribution in [0.1, 0.15) is 46.0 Å². The van der Waals surface area contributed by atoms with Crippen molar-refractivity contribution in [3.05, 3.63) is 0 Å². The zero-order valence-electron chi connectivity index (χ0n) is 9.58. The van der Waals surface area contributed by atoms with Crippen LogP contribution in [-0.2, 0) is 0 Å². The van der Waals surface area contributed by atoms with Crippen molar-refractivity contribution in [1.29, 1.82) is 0 Å². The maximum atomic E-state index is 8.78. The number of rotatable bonds is 9. The highest BCUT2D eigenvalue weighted by Gasteiger charge is 2.05. The SMILES string of the molecule is CCCCN(CCCC)CCC(O)O. The van der Waals surface area contributed by atoms with Crippen LogP contribution in [0.3, 0.4) is 0 Å². The largest absolute Gasteiger partial charge is 0.368 e.